The third-order valence-electron chi connectivity index (χ3n) is 5.34. The van der Waals surface area contributed by atoms with Gasteiger partial charge in [-0.3, -0.25) is 0 Å². The van der Waals surface area contributed by atoms with Crippen LogP contribution in [0.1, 0.15) is 35.6 Å². The lowest BCUT2D eigenvalue weighted by Gasteiger charge is -2.17. The Morgan fingerprint density at radius 2 is 1.42 bits per heavy atom. The monoisotopic (exact) mass is 464 g/mol. The standard InChI is InChI=1S/C27H32N2O3S/c1-4-26(22-8-6-5-7-9-22)27(23-12-10-21(11-13-23)20-33(28,30)31)24-14-16-25(17-15-24)32-19-18-29(2)3/h5-17H,4,18-20H2,1-3H3,(H2,28,30,31)/b27-26-. The predicted molar refractivity (Wildman–Crippen MR) is 136 cm³/mol. The number of hydrogen-bond donors (Lipinski definition) is 1. The summed E-state index contributed by atoms with van der Waals surface area (Å²) < 4.78 is 28.8. The van der Waals surface area contributed by atoms with Gasteiger partial charge in [0.25, 0.3) is 0 Å². The summed E-state index contributed by atoms with van der Waals surface area (Å²) in [4.78, 5) is 2.09. The first-order valence-corrected chi connectivity index (χ1v) is 12.7. The second-order valence-corrected chi connectivity index (χ2v) is 9.87. The van der Waals surface area contributed by atoms with Gasteiger partial charge in [0.05, 0.1) is 5.75 Å². The van der Waals surface area contributed by atoms with Gasteiger partial charge in [-0.25, -0.2) is 13.6 Å². The molecule has 6 heteroatoms. The third-order valence-corrected chi connectivity index (χ3v) is 6.07. The number of rotatable bonds is 10. The number of primary sulfonamides is 1. The van der Waals surface area contributed by atoms with Crippen LogP contribution in [0.3, 0.4) is 0 Å². The van der Waals surface area contributed by atoms with Crippen LogP contribution in [-0.2, 0) is 15.8 Å². The summed E-state index contributed by atoms with van der Waals surface area (Å²) in [5, 5.41) is 5.22. The maximum absolute atomic E-state index is 11.5. The van der Waals surface area contributed by atoms with Crippen molar-refractivity contribution in [3.63, 3.8) is 0 Å². The summed E-state index contributed by atoms with van der Waals surface area (Å²) in [6, 6.07) is 26.1. The molecule has 0 spiro atoms. The Hall–Kier alpha value is -2.93. The number of nitrogens with zero attached hydrogens (tertiary/aromatic N) is 1. The lowest BCUT2D eigenvalue weighted by molar-refractivity contribution is 0.261. The Morgan fingerprint density at radius 1 is 0.848 bits per heavy atom. The van der Waals surface area contributed by atoms with Crippen LogP contribution in [0.4, 0.5) is 0 Å². The quantitative estimate of drug-likeness (QED) is 0.438. The molecule has 0 unspecified atom stereocenters. The highest BCUT2D eigenvalue weighted by Gasteiger charge is 2.14. The second-order valence-electron chi connectivity index (χ2n) is 8.25. The Labute approximate surface area is 197 Å². The maximum atomic E-state index is 11.5. The van der Waals surface area contributed by atoms with Gasteiger partial charge in [0.2, 0.25) is 10.0 Å². The molecule has 0 aromatic heterocycles. The van der Waals surface area contributed by atoms with Gasteiger partial charge in [0, 0.05) is 6.54 Å². The Balaban J connectivity index is 2.02. The molecule has 3 aromatic carbocycles. The number of allylic oxidation sites excluding steroid dienone is 1. The number of hydrogen-bond acceptors (Lipinski definition) is 4. The molecule has 0 saturated heterocycles. The summed E-state index contributed by atoms with van der Waals surface area (Å²) in [7, 11) is 0.470. The molecule has 0 aliphatic rings. The molecule has 0 aliphatic carbocycles. The van der Waals surface area contributed by atoms with Gasteiger partial charge in [-0.05, 0) is 66.0 Å². The highest BCUT2D eigenvalue weighted by molar-refractivity contribution is 7.88. The van der Waals surface area contributed by atoms with Gasteiger partial charge >= 0.3 is 0 Å². The van der Waals surface area contributed by atoms with Crippen LogP contribution < -0.4 is 9.88 Å². The van der Waals surface area contributed by atoms with E-state index in [9.17, 15) is 8.42 Å². The summed E-state index contributed by atoms with van der Waals surface area (Å²) in [6.07, 6.45) is 0.847. The van der Waals surface area contributed by atoms with E-state index in [0.29, 0.717) is 12.2 Å². The van der Waals surface area contributed by atoms with E-state index in [4.69, 9.17) is 9.88 Å². The fourth-order valence-corrected chi connectivity index (χ4v) is 4.40. The van der Waals surface area contributed by atoms with Gasteiger partial charge in [-0.2, -0.15) is 0 Å². The minimum Gasteiger partial charge on any atom is -0.492 e. The van der Waals surface area contributed by atoms with Gasteiger partial charge in [-0.15, -0.1) is 0 Å². The lowest BCUT2D eigenvalue weighted by Crippen LogP contribution is -2.19. The normalized spacial score (nSPS) is 12.5. The summed E-state index contributed by atoms with van der Waals surface area (Å²) in [6.45, 7) is 3.63. The molecule has 0 atom stereocenters. The summed E-state index contributed by atoms with van der Waals surface area (Å²) in [5.41, 5.74) is 6.27. The number of benzene rings is 3. The van der Waals surface area contributed by atoms with Crippen LogP contribution in [0.25, 0.3) is 11.1 Å². The molecule has 0 saturated carbocycles. The van der Waals surface area contributed by atoms with E-state index in [1.165, 1.54) is 5.57 Å². The third kappa shape index (κ3) is 7.29. The first-order valence-electron chi connectivity index (χ1n) is 11.0. The van der Waals surface area contributed by atoms with Crippen LogP contribution in [0.15, 0.2) is 78.9 Å². The van der Waals surface area contributed by atoms with Gasteiger partial charge in [-0.1, -0.05) is 73.7 Å². The largest absolute Gasteiger partial charge is 0.492 e. The minimum absolute atomic E-state index is 0.176. The number of likely N-dealkylation sites (N-methyl/N-ethyl adjacent to an activating group) is 1. The minimum atomic E-state index is -3.57. The van der Waals surface area contributed by atoms with Crippen LogP contribution in [0.5, 0.6) is 5.75 Å². The molecule has 2 N–H and O–H groups in total. The van der Waals surface area contributed by atoms with Crippen molar-refractivity contribution >= 4 is 21.2 Å². The average Bonchev–Trinajstić information content (AvgIpc) is 2.78. The topological polar surface area (TPSA) is 72.6 Å². The average molecular weight is 465 g/mol. The zero-order valence-corrected chi connectivity index (χ0v) is 20.3. The molecule has 0 bridgehead atoms. The zero-order chi connectivity index (χ0) is 23.8. The Morgan fingerprint density at radius 3 is 1.94 bits per heavy atom. The Bertz CT molecular complexity index is 1170. The molecule has 33 heavy (non-hydrogen) atoms. The highest BCUT2D eigenvalue weighted by Crippen LogP contribution is 2.35. The second kappa shape index (κ2) is 11.3. The van der Waals surface area contributed by atoms with E-state index in [2.05, 4.69) is 36.1 Å². The molecule has 0 amide bonds. The van der Waals surface area contributed by atoms with Crippen molar-refractivity contribution in [2.24, 2.45) is 5.14 Å². The van der Waals surface area contributed by atoms with Crippen molar-refractivity contribution in [3.05, 3.63) is 101 Å². The fraction of sp³-hybridized carbons (Fsp3) is 0.259. The summed E-state index contributed by atoms with van der Waals surface area (Å²) in [5.74, 6) is 0.658. The molecule has 0 aliphatic heterocycles. The van der Waals surface area contributed by atoms with Gasteiger partial charge in [0.15, 0.2) is 0 Å². The van der Waals surface area contributed by atoms with Crippen LogP contribution in [0.2, 0.25) is 0 Å². The molecule has 5 nitrogen and oxygen atoms in total. The predicted octanol–water partition coefficient (Wildman–Crippen LogP) is 4.78. The van der Waals surface area contributed by atoms with E-state index in [1.807, 2.05) is 68.7 Å². The molecular formula is C27H32N2O3S. The molecular weight excluding hydrogens is 432 g/mol. The van der Waals surface area contributed by atoms with Gasteiger partial charge < -0.3 is 9.64 Å². The molecule has 0 radical (unpaired) electrons. The van der Waals surface area contributed by atoms with Crippen molar-refractivity contribution in [3.8, 4) is 5.75 Å². The van der Waals surface area contributed by atoms with Crippen LogP contribution in [-0.4, -0.2) is 40.6 Å². The van der Waals surface area contributed by atoms with E-state index in [-0.39, 0.29) is 5.75 Å². The molecule has 0 heterocycles. The van der Waals surface area contributed by atoms with E-state index >= 15 is 0 Å². The lowest BCUT2D eigenvalue weighted by atomic mass is 9.88. The first-order chi connectivity index (χ1) is 15.8. The maximum Gasteiger partial charge on any atom is 0.213 e. The molecule has 174 valence electrons. The first kappa shape index (κ1) is 24.7. The van der Waals surface area contributed by atoms with Gasteiger partial charge in [0.1, 0.15) is 12.4 Å². The highest BCUT2D eigenvalue weighted by atomic mass is 32.2. The van der Waals surface area contributed by atoms with Crippen molar-refractivity contribution in [2.45, 2.75) is 19.1 Å². The Kier molecular flexibility index (Phi) is 8.44. The van der Waals surface area contributed by atoms with Crippen molar-refractivity contribution < 1.29 is 13.2 Å². The van der Waals surface area contributed by atoms with E-state index in [0.717, 1.165) is 41.0 Å². The SMILES string of the molecule is CC/C(=C(\c1ccc(CS(N)(=O)=O)cc1)c1ccc(OCCN(C)C)cc1)c1ccccc1. The number of sulfonamides is 1. The van der Waals surface area contributed by atoms with E-state index < -0.39 is 10.0 Å². The molecule has 3 rings (SSSR count). The molecule has 3 aromatic rings. The smallest absolute Gasteiger partial charge is 0.213 e. The molecule has 0 fully saturated rings. The summed E-state index contributed by atoms with van der Waals surface area (Å²) >= 11 is 0. The van der Waals surface area contributed by atoms with Crippen LogP contribution in [0, 0.1) is 0 Å². The van der Waals surface area contributed by atoms with Crippen LogP contribution >= 0.6 is 0 Å². The van der Waals surface area contributed by atoms with Crippen molar-refractivity contribution in [1.29, 1.82) is 0 Å². The van der Waals surface area contributed by atoms with E-state index in [1.54, 1.807) is 0 Å². The fourth-order valence-electron chi connectivity index (χ4n) is 3.74. The van der Waals surface area contributed by atoms with Crippen molar-refractivity contribution in [2.75, 3.05) is 27.2 Å². The zero-order valence-electron chi connectivity index (χ0n) is 19.5. The van der Waals surface area contributed by atoms with Crippen molar-refractivity contribution in [1.82, 2.24) is 4.90 Å². The number of ether oxygens (including phenoxy) is 1. The number of nitrogens with two attached hydrogens (primary N) is 1.